The molecule has 2 aromatic rings. The van der Waals surface area contributed by atoms with Gasteiger partial charge < -0.3 is 4.74 Å². The first-order valence-electron chi connectivity index (χ1n) is 6.06. The second-order valence-electron chi connectivity index (χ2n) is 4.18. The molecule has 3 nitrogen and oxygen atoms in total. The fourth-order valence-electron chi connectivity index (χ4n) is 1.92. The summed E-state index contributed by atoms with van der Waals surface area (Å²) < 4.78 is 5.17. The van der Waals surface area contributed by atoms with Crippen LogP contribution in [0.3, 0.4) is 0 Å². The number of ether oxygens (including phenoxy) is 1. The standard InChI is InChI=1S/C15H14N2OS/c1-18-13-9-7-12(8-10-13)15-17-16-14(19-15)11-5-3-2-4-6-11/h2-10,15,17H,1H3/t15-/m1/s1. The van der Waals surface area contributed by atoms with Gasteiger partial charge in [0.25, 0.3) is 0 Å². The highest BCUT2D eigenvalue weighted by Gasteiger charge is 2.21. The number of hydrogen-bond donors (Lipinski definition) is 1. The number of nitrogens with zero attached hydrogens (tertiary/aromatic N) is 1. The van der Waals surface area contributed by atoms with E-state index in [-0.39, 0.29) is 5.37 Å². The molecule has 0 unspecified atom stereocenters. The van der Waals surface area contributed by atoms with E-state index in [4.69, 9.17) is 4.74 Å². The molecule has 1 aliphatic rings. The minimum atomic E-state index is 0.168. The van der Waals surface area contributed by atoms with Crippen LogP contribution >= 0.6 is 11.8 Å². The maximum absolute atomic E-state index is 5.17. The van der Waals surface area contributed by atoms with Gasteiger partial charge in [-0.1, -0.05) is 54.2 Å². The summed E-state index contributed by atoms with van der Waals surface area (Å²) in [4.78, 5) is 0. The molecule has 0 saturated heterocycles. The molecule has 1 aliphatic heterocycles. The van der Waals surface area contributed by atoms with E-state index >= 15 is 0 Å². The lowest BCUT2D eigenvalue weighted by Gasteiger charge is -2.10. The highest BCUT2D eigenvalue weighted by atomic mass is 32.2. The average Bonchev–Trinajstić information content (AvgIpc) is 2.98. The van der Waals surface area contributed by atoms with E-state index in [0.29, 0.717) is 0 Å². The average molecular weight is 270 g/mol. The Kier molecular flexibility index (Phi) is 3.42. The number of benzene rings is 2. The van der Waals surface area contributed by atoms with Crippen LogP contribution in [0.1, 0.15) is 16.5 Å². The molecule has 0 aromatic heterocycles. The smallest absolute Gasteiger partial charge is 0.126 e. The van der Waals surface area contributed by atoms with Gasteiger partial charge in [0, 0.05) is 5.56 Å². The zero-order valence-electron chi connectivity index (χ0n) is 10.5. The van der Waals surface area contributed by atoms with Crippen LogP contribution in [0.25, 0.3) is 0 Å². The molecule has 1 N–H and O–H groups in total. The number of hydrazone groups is 1. The molecule has 0 fully saturated rings. The van der Waals surface area contributed by atoms with Crippen LogP contribution in [0.5, 0.6) is 5.75 Å². The summed E-state index contributed by atoms with van der Waals surface area (Å²) >= 11 is 1.73. The molecule has 0 bridgehead atoms. The third kappa shape index (κ3) is 2.58. The first-order chi connectivity index (χ1) is 9.36. The number of nitrogens with one attached hydrogen (secondary N) is 1. The summed E-state index contributed by atoms with van der Waals surface area (Å²) in [6.07, 6.45) is 0. The molecule has 19 heavy (non-hydrogen) atoms. The Morgan fingerprint density at radius 1 is 1.05 bits per heavy atom. The third-order valence-electron chi connectivity index (χ3n) is 2.95. The maximum atomic E-state index is 5.17. The maximum Gasteiger partial charge on any atom is 0.126 e. The number of hydrogen-bond acceptors (Lipinski definition) is 4. The van der Waals surface area contributed by atoms with Gasteiger partial charge in [0.2, 0.25) is 0 Å². The van der Waals surface area contributed by atoms with Crippen molar-refractivity contribution >= 4 is 16.8 Å². The molecule has 2 aromatic carbocycles. The van der Waals surface area contributed by atoms with E-state index in [1.807, 2.05) is 30.3 Å². The summed E-state index contributed by atoms with van der Waals surface area (Å²) in [6.45, 7) is 0. The minimum Gasteiger partial charge on any atom is -0.497 e. The molecule has 1 atom stereocenters. The molecule has 0 radical (unpaired) electrons. The Morgan fingerprint density at radius 2 is 1.79 bits per heavy atom. The Hall–Kier alpha value is -1.94. The SMILES string of the molecule is COc1ccc([C@@H]2NN=C(c3ccccc3)S2)cc1. The first kappa shape index (κ1) is 12.1. The highest BCUT2D eigenvalue weighted by Crippen LogP contribution is 2.34. The van der Waals surface area contributed by atoms with Crippen molar-refractivity contribution in [2.75, 3.05) is 7.11 Å². The normalized spacial score (nSPS) is 17.7. The number of rotatable bonds is 3. The van der Waals surface area contributed by atoms with Crippen LogP contribution in [-0.4, -0.2) is 12.2 Å². The van der Waals surface area contributed by atoms with Gasteiger partial charge in [-0.15, -0.1) is 0 Å². The lowest BCUT2D eigenvalue weighted by molar-refractivity contribution is 0.414. The van der Waals surface area contributed by atoms with Crippen LogP contribution in [0, 0.1) is 0 Å². The number of thioether (sulfide) groups is 1. The van der Waals surface area contributed by atoms with Crippen molar-refractivity contribution in [2.45, 2.75) is 5.37 Å². The summed E-state index contributed by atoms with van der Waals surface area (Å²) in [5, 5.41) is 5.60. The van der Waals surface area contributed by atoms with Crippen LogP contribution in [0.4, 0.5) is 0 Å². The van der Waals surface area contributed by atoms with E-state index in [9.17, 15) is 0 Å². The van der Waals surface area contributed by atoms with Gasteiger partial charge in [-0.3, -0.25) is 5.43 Å². The summed E-state index contributed by atoms with van der Waals surface area (Å²) in [5.74, 6) is 0.871. The fourth-order valence-corrected chi connectivity index (χ4v) is 2.92. The van der Waals surface area contributed by atoms with Gasteiger partial charge in [0.15, 0.2) is 0 Å². The van der Waals surface area contributed by atoms with E-state index in [2.05, 4.69) is 34.8 Å². The summed E-state index contributed by atoms with van der Waals surface area (Å²) in [7, 11) is 1.67. The Balaban J connectivity index is 1.73. The molecular weight excluding hydrogens is 256 g/mol. The Bertz CT molecular complexity index is 581. The minimum absolute atomic E-state index is 0.168. The lowest BCUT2D eigenvalue weighted by atomic mass is 10.2. The quantitative estimate of drug-likeness (QED) is 0.928. The van der Waals surface area contributed by atoms with Crippen LogP contribution in [0.15, 0.2) is 59.7 Å². The van der Waals surface area contributed by atoms with Crippen molar-refractivity contribution in [3.63, 3.8) is 0 Å². The zero-order valence-corrected chi connectivity index (χ0v) is 11.4. The fraction of sp³-hybridized carbons (Fsp3) is 0.133. The third-order valence-corrected chi connectivity index (χ3v) is 4.12. The lowest BCUT2D eigenvalue weighted by Crippen LogP contribution is -2.06. The van der Waals surface area contributed by atoms with Gasteiger partial charge in [-0.05, 0) is 17.7 Å². The molecule has 1 heterocycles. The molecule has 0 saturated carbocycles. The van der Waals surface area contributed by atoms with Gasteiger partial charge in [-0.25, -0.2) is 0 Å². The topological polar surface area (TPSA) is 33.6 Å². The molecule has 3 rings (SSSR count). The monoisotopic (exact) mass is 270 g/mol. The Labute approximate surface area is 116 Å². The van der Waals surface area contributed by atoms with E-state index in [1.165, 1.54) is 5.56 Å². The molecule has 0 spiro atoms. The largest absolute Gasteiger partial charge is 0.497 e. The van der Waals surface area contributed by atoms with Crippen molar-refractivity contribution in [3.8, 4) is 5.75 Å². The van der Waals surface area contributed by atoms with Gasteiger partial charge in [-0.2, -0.15) is 5.10 Å². The number of methoxy groups -OCH3 is 1. The van der Waals surface area contributed by atoms with Crippen molar-refractivity contribution in [1.82, 2.24) is 5.43 Å². The van der Waals surface area contributed by atoms with Crippen LogP contribution in [-0.2, 0) is 0 Å². The van der Waals surface area contributed by atoms with Gasteiger partial charge in [0.05, 0.1) is 7.11 Å². The first-order valence-corrected chi connectivity index (χ1v) is 6.94. The zero-order chi connectivity index (χ0) is 13.1. The molecule has 0 amide bonds. The van der Waals surface area contributed by atoms with Crippen LogP contribution < -0.4 is 10.2 Å². The van der Waals surface area contributed by atoms with E-state index in [1.54, 1.807) is 18.9 Å². The predicted octanol–water partition coefficient (Wildman–Crippen LogP) is 3.39. The van der Waals surface area contributed by atoms with E-state index < -0.39 is 0 Å². The molecule has 96 valence electrons. The van der Waals surface area contributed by atoms with E-state index in [0.717, 1.165) is 16.4 Å². The molecule has 0 aliphatic carbocycles. The van der Waals surface area contributed by atoms with Crippen molar-refractivity contribution in [2.24, 2.45) is 5.10 Å². The molecular formula is C15H14N2OS. The van der Waals surface area contributed by atoms with Crippen molar-refractivity contribution < 1.29 is 4.74 Å². The van der Waals surface area contributed by atoms with Crippen LogP contribution in [0.2, 0.25) is 0 Å². The van der Waals surface area contributed by atoms with Crippen molar-refractivity contribution in [3.05, 3.63) is 65.7 Å². The second kappa shape index (κ2) is 5.36. The highest BCUT2D eigenvalue weighted by molar-refractivity contribution is 8.14. The van der Waals surface area contributed by atoms with Gasteiger partial charge in [0.1, 0.15) is 16.2 Å². The second-order valence-corrected chi connectivity index (χ2v) is 5.28. The summed E-state index contributed by atoms with van der Waals surface area (Å²) in [5.41, 5.74) is 5.51. The van der Waals surface area contributed by atoms with Gasteiger partial charge >= 0.3 is 0 Å². The Morgan fingerprint density at radius 3 is 2.47 bits per heavy atom. The predicted molar refractivity (Wildman–Crippen MR) is 79.4 cm³/mol. The van der Waals surface area contributed by atoms with Crippen molar-refractivity contribution in [1.29, 1.82) is 0 Å². The molecule has 4 heteroatoms. The summed E-state index contributed by atoms with van der Waals surface area (Å²) in [6, 6.07) is 18.3.